The van der Waals surface area contributed by atoms with Gasteiger partial charge in [0.05, 0.1) is 6.54 Å². The van der Waals surface area contributed by atoms with E-state index in [1.807, 2.05) is 7.05 Å². The van der Waals surface area contributed by atoms with Crippen LogP contribution >= 0.6 is 0 Å². The molecule has 0 fully saturated rings. The van der Waals surface area contributed by atoms with Crippen LogP contribution in [0.4, 0.5) is 0 Å². The van der Waals surface area contributed by atoms with Crippen LogP contribution in [0.25, 0.3) is 0 Å². The predicted octanol–water partition coefficient (Wildman–Crippen LogP) is 5.25. The Hall–Kier alpha value is -0.570. The van der Waals surface area contributed by atoms with Gasteiger partial charge in [-0.1, -0.05) is 85.5 Å². The molecule has 0 aromatic heterocycles. The van der Waals surface area contributed by atoms with Gasteiger partial charge in [-0.15, -0.1) is 0 Å². The van der Waals surface area contributed by atoms with Gasteiger partial charge in [0.15, 0.2) is 0 Å². The van der Waals surface area contributed by atoms with Crippen LogP contribution < -0.4 is 5.32 Å². The molecule has 1 amide bonds. The van der Waals surface area contributed by atoms with Crippen LogP contribution in [-0.4, -0.2) is 37.5 Å². The van der Waals surface area contributed by atoms with Crippen LogP contribution in [0.3, 0.4) is 0 Å². The van der Waals surface area contributed by atoms with E-state index in [4.69, 9.17) is 0 Å². The van der Waals surface area contributed by atoms with Gasteiger partial charge in [0.2, 0.25) is 5.91 Å². The van der Waals surface area contributed by atoms with Gasteiger partial charge in [-0.05, 0) is 25.3 Å². The average Bonchev–Trinajstić information content (AvgIpc) is 2.47. The number of amides is 1. The van der Waals surface area contributed by atoms with E-state index >= 15 is 0 Å². The Morgan fingerprint density at radius 1 is 0.792 bits per heavy atom. The quantitative estimate of drug-likeness (QED) is 0.389. The van der Waals surface area contributed by atoms with Crippen LogP contribution in [0.2, 0.25) is 0 Å². The highest BCUT2D eigenvalue weighted by Gasteiger charge is 2.07. The van der Waals surface area contributed by atoms with Crippen molar-refractivity contribution in [1.29, 1.82) is 0 Å². The first-order valence-corrected chi connectivity index (χ1v) is 10.4. The third kappa shape index (κ3) is 17.8. The summed E-state index contributed by atoms with van der Waals surface area (Å²) in [5.74, 6) is 1.64. The van der Waals surface area contributed by atoms with Crippen LogP contribution in [-0.2, 0) is 4.79 Å². The van der Waals surface area contributed by atoms with Gasteiger partial charge in [-0.25, -0.2) is 0 Å². The van der Waals surface area contributed by atoms with E-state index in [0.29, 0.717) is 12.5 Å². The summed E-state index contributed by atoms with van der Waals surface area (Å²) in [5.41, 5.74) is 0. The lowest BCUT2D eigenvalue weighted by Gasteiger charge is -2.18. The molecule has 0 aliphatic heterocycles. The molecule has 0 spiro atoms. The normalized spacial score (nSPS) is 11.7. The van der Waals surface area contributed by atoms with E-state index in [2.05, 4.69) is 37.9 Å². The van der Waals surface area contributed by atoms with E-state index in [-0.39, 0.29) is 5.91 Å². The molecular weight excluding hydrogens is 296 g/mol. The molecule has 1 N–H and O–H groups in total. The minimum Gasteiger partial charge on any atom is -0.355 e. The number of unbranched alkanes of at least 4 members (excludes halogenated alkanes) is 8. The van der Waals surface area contributed by atoms with Crippen LogP contribution in [0, 0.1) is 11.8 Å². The first kappa shape index (κ1) is 23.4. The minimum atomic E-state index is 0.166. The third-order valence-corrected chi connectivity index (χ3v) is 4.37. The van der Waals surface area contributed by atoms with Gasteiger partial charge < -0.3 is 5.32 Å². The predicted molar refractivity (Wildman–Crippen MR) is 106 cm³/mol. The molecule has 0 saturated carbocycles. The SMILES string of the molecule is CC(C)CCCCCCCCCCCNC(=O)CN(C)CC(C)C. The first-order valence-electron chi connectivity index (χ1n) is 10.4. The molecule has 0 radical (unpaired) electrons. The Balaban J connectivity index is 3.26. The van der Waals surface area contributed by atoms with Crippen molar-refractivity contribution in [2.45, 2.75) is 91.9 Å². The zero-order valence-corrected chi connectivity index (χ0v) is 17.2. The molecule has 144 valence electrons. The van der Waals surface area contributed by atoms with E-state index in [1.165, 1.54) is 57.8 Å². The highest BCUT2D eigenvalue weighted by molar-refractivity contribution is 5.77. The summed E-state index contributed by atoms with van der Waals surface area (Å²) in [6.07, 6.45) is 13.4. The molecule has 3 nitrogen and oxygen atoms in total. The molecule has 0 aliphatic rings. The molecular formula is C21H44N2O. The molecule has 0 unspecified atom stereocenters. The van der Waals surface area contributed by atoms with E-state index in [9.17, 15) is 4.79 Å². The van der Waals surface area contributed by atoms with E-state index < -0.39 is 0 Å². The second kappa shape index (κ2) is 15.9. The lowest BCUT2D eigenvalue weighted by atomic mass is 10.0. The van der Waals surface area contributed by atoms with Gasteiger partial charge in [-0.3, -0.25) is 9.69 Å². The Morgan fingerprint density at radius 2 is 1.29 bits per heavy atom. The van der Waals surface area contributed by atoms with Crippen molar-refractivity contribution in [2.24, 2.45) is 11.8 Å². The number of carbonyl (C=O) groups excluding carboxylic acids is 1. The Morgan fingerprint density at radius 3 is 1.79 bits per heavy atom. The second-order valence-corrected chi connectivity index (χ2v) is 8.31. The number of likely N-dealkylation sites (N-methyl/N-ethyl adjacent to an activating group) is 1. The molecule has 0 heterocycles. The number of rotatable bonds is 16. The highest BCUT2D eigenvalue weighted by atomic mass is 16.2. The lowest BCUT2D eigenvalue weighted by Crippen LogP contribution is -2.37. The largest absolute Gasteiger partial charge is 0.355 e. The summed E-state index contributed by atoms with van der Waals surface area (Å²) in [6, 6.07) is 0. The van der Waals surface area contributed by atoms with Crippen molar-refractivity contribution < 1.29 is 4.79 Å². The molecule has 24 heavy (non-hydrogen) atoms. The van der Waals surface area contributed by atoms with Crippen LogP contribution in [0.15, 0.2) is 0 Å². The summed E-state index contributed by atoms with van der Waals surface area (Å²) in [5, 5.41) is 3.04. The van der Waals surface area contributed by atoms with Crippen molar-refractivity contribution in [3.8, 4) is 0 Å². The van der Waals surface area contributed by atoms with Crippen molar-refractivity contribution in [1.82, 2.24) is 10.2 Å². The number of hydrogen-bond donors (Lipinski definition) is 1. The maximum atomic E-state index is 11.8. The topological polar surface area (TPSA) is 32.3 Å². The molecule has 0 aromatic rings. The second-order valence-electron chi connectivity index (χ2n) is 8.31. The molecule has 0 rings (SSSR count). The average molecular weight is 341 g/mol. The lowest BCUT2D eigenvalue weighted by molar-refractivity contribution is -0.122. The fourth-order valence-electron chi connectivity index (χ4n) is 3.13. The summed E-state index contributed by atoms with van der Waals surface area (Å²) >= 11 is 0. The number of carbonyl (C=O) groups is 1. The molecule has 0 bridgehead atoms. The van der Waals surface area contributed by atoms with E-state index in [0.717, 1.165) is 25.4 Å². The monoisotopic (exact) mass is 340 g/mol. The summed E-state index contributed by atoms with van der Waals surface area (Å²) in [7, 11) is 2.02. The maximum absolute atomic E-state index is 11.8. The Bertz CT molecular complexity index is 290. The standard InChI is InChI=1S/C21H44N2O/c1-19(2)15-13-11-9-7-6-8-10-12-14-16-22-21(24)18-23(5)17-20(3)4/h19-20H,6-18H2,1-5H3,(H,22,24). The number of hydrogen-bond acceptors (Lipinski definition) is 2. The number of nitrogens with one attached hydrogen (secondary N) is 1. The smallest absolute Gasteiger partial charge is 0.234 e. The van der Waals surface area contributed by atoms with Crippen molar-refractivity contribution in [3.63, 3.8) is 0 Å². The molecule has 0 atom stereocenters. The third-order valence-electron chi connectivity index (χ3n) is 4.37. The minimum absolute atomic E-state index is 0.166. The highest BCUT2D eigenvalue weighted by Crippen LogP contribution is 2.12. The molecule has 0 aliphatic carbocycles. The van der Waals surface area contributed by atoms with Crippen LogP contribution in [0.1, 0.15) is 91.9 Å². The maximum Gasteiger partial charge on any atom is 0.234 e. The molecule has 3 heteroatoms. The molecule has 0 aromatic carbocycles. The van der Waals surface area contributed by atoms with Crippen molar-refractivity contribution in [3.05, 3.63) is 0 Å². The fraction of sp³-hybridized carbons (Fsp3) is 0.952. The van der Waals surface area contributed by atoms with Crippen molar-refractivity contribution in [2.75, 3.05) is 26.7 Å². The Labute approximate surface area is 152 Å². The zero-order valence-electron chi connectivity index (χ0n) is 17.2. The van der Waals surface area contributed by atoms with Crippen molar-refractivity contribution >= 4 is 5.91 Å². The first-order chi connectivity index (χ1) is 11.4. The van der Waals surface area contributed by atoms with Gasteiger partial charge in [0, 0.05) is 13.1 Å². The fourth-order valence-corrected chi connectivity index (χ4v) is 3.13. The summed E-state index contributed by atoms with van der Waals surface area (Å²) < 4.78 is 0. The van der Waals surface area contributed by atoms with Gasteiger partial charge >= 0.3 is 0 Å². The van der Waals surface area contributed by atoms with Gasteiger partial charge in [0.25, 0.3) is 0 Å². The summed E-state index contributed by atoms with van der Waals surface area (Å²) in [6.45, 7) is 11.3. The van der Waals surface area contributed by atoms with Gasteiger partial charge in [0.1, 0.15) is 0 Å². The van der Waals surface area contributed by atoms with Gasteiger partial charge in [-0.2, -0.15) is 0 Å². The summed E-state index contributed by atoms with van der Waals surface area (Å²) in [4.78, 5) is 13.9. The van der Waals surface area contributed by atoms with E-state index in [1.54, 1.807) is 0 Å². The molecule has 0 saturated heterocycles. The zero-order chi connectivity index (χ0) is 18.2. The van der Waals surface area contributed by atoms with Crippen LogP contribution in [0.5, 0.6) is 0 Å². The number of nitrogens with zero attached hydrogens (tertiary/aromatic N) is 1. The Kier molecular flexibility index (Phi) is 15.6.